The number of hydrogen-bond acceptors (Lipinski definition) is 0. The van der Waals surface area contributed by atoms with Gasteiger partial charge < -0.3 is 0 Å². The quantitative estimate of drug-likeness (QED) is 0.208. The molecule has 1 heterocycles. The number of fused-ring (bicyclic) bond motifs is 7. The molecular weight excluding hydrogens is 515 g/mol. The van der Waals surface area contributed by atoms with E-state index in [-0.39, 0.29) is 0 Å². The Bertz CT molecular complexity index is 1930. The lowest BCUT2D eigenvalue weighted by Crippen LogP contribution is -2.08. The van der Waals surface area contributed by atoms with Crippen LogP contribution in [0, 0.1) is 0 Å². The Balaban J connectivity index is 1.75. The van der Waals surface area contributed by atoms with Crippen molar-refractivity contribution in [3.8, 4) is 11.4 Å². The highest BCUT2D eigenvalue weighted by Crippen LogP contribution is 2.53. The molecule has 0 bridgehead atoms. The van der Waals surface area contributed by atoms with Gasteiger partial charge in [0, 0.05) is 24.3 Å². The minimum absolute atomic E-state index is 0.593. The minimum Gasteiger partial charge on any atom is -0.286 e. The van der Waals surface area contributed by atoms with Gasteiger partial charge in [0.2, 0.25) is 0 Å². The Kier molecular flexibility index (Phi) is 6.16. The molecule has 7 aromatic rings. The van der Waals surface area contributed by atoms with Gasteiger partial charge in [0.1, 0.15) is 0 Å². The third-order valence-corrected chi connectivity index (χ3v) is 11.7. The first-order chi connectivity index (χ1) is 20.4. The number of nitrogens with zero attached hydrogens (tertiary/aromatic N) is 2. The standard InChI is InChI=1S/C38H33N2P/c1-4-16-30(17-5-1)39-35-26-24-28-14-10-12-22-33(28)37(35)38-34-23-13-11-15-29(34)25-27-36(38)40(31-18-6-2-7-19-31)41(39)32-20-8-3-9-21-32/h1-2,4-7,10-19,22-27,32H,3,8-9,20-21H2. The molecule has 8 rings (SSSR count). The fraction of sp³-hybridized carbons (Fsp3) is 0.158. The van der Waals surface area contributed by atoms with E-state index in [4.69, 9.17) is 0 Å². The second-order valence-electron chi connectivity index (χ2n) is 11.3. The molecule has 3 heteroatoms. The summed E-state index contributed by atoms with van der Waals surface area (Å²) in [5, 5.41) is 7.90. The fourth-order valence-corrected chi connectivity index (χ4v) is 10.2. The molecule has 2 nitrogen and oxygen atoms in total. The summed E-state index contributed by atoms with van der Waals surface area (Å²) >= 11 is 0. The van der Waals surface area contributed by atoms with Gasteiger partial charge in [-0.05, 0) is 70.8 Å². The maximum atomic E-state index is 2.74. The molecule has 0 spiro atoms. The van der Waals surface area contributed by atoms with E-state index in [0.717, 1.165) is 0 Å². The highest BCUT2D eigenvalue weighted by atomic mass is 31.1. The second kappa shape index (κ2) is 10.3. The van der Waals surface area contributed by atoms with Gasteiger partial charge in [-0.15, -0.1) is 0 Å². The topological polar surface area (TPSA) is 9.86 Å². The van der Waals surface area contributed by atoms with E-state index < -0.39 is 7.85 Å². The average molecular weight is 549 g/mol. The Labute approximate surface area is 242 Å². The van der Waals surface area contributed by atoms with Crippen LogP contribution in [-0.4, -0.2) is 8.66 Å². The minimum atomic E-state index is -0.813. The number of hydrogen-bond donors (Lipinski definition) is 0. The molecule has 0 unspecified atom stereocenters. The third-order valence-electron chi connectivity index (χ3n) is 8.83. The van der Waals surface area contributed by atoms with Crippen LogP contribution in [0.3, 0.4) is 0 Å². The Morgan fingerprint density at radius 3 is 1.37 bits per heavy atom. The predicted octanol–water partition coefficient (Wildman–Crippen LogP) is 11.5. The molecule has 1 aliphatic carbocycles. The van der Waals surface area contributed by atoms with Crippen LogP contribution in [0.4, 0.5) is 0 Å². The van der Waals surface area contributed by atoms with Gasteiger partial charge in [-0.2, -0.15) is 0 Å². The van der Waals surface area contributed by atoms with Crippen molar-refractivity contribution in [2.45, 2.75) is 37.8 Å². The molecule has 0 radical (unpaired) electrons. The Morgan fingerprint density at radius 2 is 0.878 bits per heavy atom. The number of benzene rings is 6. The molecule has 1 fully saturated rings. The number of para-hydroxylation sites is 2. The van der Waals surface area contributed by atoms with Crippen molar-refractivity contribution in [2.75, 3.05) is 0 Å². The van der Waals surface area contributed by atoms with Crippen LogP contribution in [0.2, 0.25) is 0 Å². The lowest BCUT2D eigenvalue weighted by molar-refractivity contribution is 0.485. The fourth-order valence-electron chi connectivity index (χ4n) is 7.00. The zero-order valence-corrected chi connectivity index (χ0v) is 24.1. The van der Waals surface area contributed by atoms with Crippen LogP contribution in [0.1, 0.15) is 37.8 Å². The summed E-state index contributed by atoms with van der Waals surface area (Å²) in [6.07, 6.45) is 6.50. The van der Waals surface area contributed by atoms with Crippen molar-refractivity contribution in [3.05, 3.63) is 133 Å². The summed E-state index contributed by atoms with van der Waals surface area (Å²) < 4.78 is 5.49. The predicted molar refractivity (Wildman–Crippen MR) is 178 cm³/mol. The van der Waals surface area contributed by atoms with E-state index in [1.54, 1.807) is 0 Å². The normalized spacial score (nSPS) is 14.2. The van der Waals surface area contributed by atoms with Crippen molar-refractivity contribution in [3.63, 3.8) is 0 Å². The Hall–Kier alpha value is -4.26. The van der Waals surface area contributed by atoms with Crippen LogP contribution < -0.4 is 0 Å². The van der Waals surface area contributed by atoms with Crippen molar-refractivity contribution in [1.29, 1.82) is 0 Å². The summed E-state index contributed by atoms with van der Waals surface area (Å²) in [5.74, 6) is 0. The largest absolute Gasteiger partial charge is 0.286 e. The first-order valence-electron chi connectivity index (χ1n) is 14.9. The van der Waals surface area contributed by atoms with Gasteiger partial charge >= 0.3 is 0 Å². The Morgan fingerprint density at radius 1 is 0.439 bits per heavy atom. The van der Waals surface area contributed by atoms with Gasteiger partial charge in [-0.25, -0.2) is 0 Å². The number of rotatable bonds is 3. The van der Waals surface area contributed by atoms with Gasteiger partial charge in [0.25, 0.3) is 0 Å². The molecule has 6 aromatic carbocycles. The van der Waals surface area contributed by atoms with E-state index >= 15 is 0 Å². The molecule has 1 aliphatic rings. The van der Waals surface area contributed by atoms with E-state index in [1.165, 1.54) is 86.8 Å². The summed E-state index contributed by atoms with van der Waals surface area (Å²) in [5.41, 5.74) is 5.79. The summed E-state index contributed by atoms with van der Waals surface area (Å²) in [6.45, 7) is 0. The highest BCUT2D eigenvalue weighted by molar-refractivity contribution is 7.43. The van der Waals surface area contributed by atoms with Gasteiger partial charge in [0.05, 0.1) is 22.4 Å². The van der Waals surface area contributed by atoms with E-state index in [2.05, 4.69) is 142 Å². The molecule has 1 aromatic heterocycles. The van der Waals surface area contributed by atoms with Gasteiger partial charge in [-0.1, -0.05) is 116 Å². The maximum Gasteiger partial charge on any atom is 0.0589 e. The molecule has 0 N–H and O–H groups in total. The first kappa shape index (κ1) is 24.5. The van der Waals surface area contributed by atoms with E-state index in [9.17, 15) is 0 Å². The van der Waals surface area contributed by atoms with Crippen molar-refractivity contribution in [2.24, 2.45) is 0 Å². The monoisotopic (exact) mass is 548 g/mol. The summed E-state index contributed by atoms with van der Waals surface area (Å²) in [6, 6.07) is 49.7. The lowest BCUT2D eigenvalue weighted by Gasteiger charge is -2.29. The van der Waals surface area contributed by atoms with Crippen LogP contribution in [0.25, 0.3) is 54.7 Å². The molecule has 0 aliphatic heterocycles. The SMILES string of the molecule is c1ccc(-n2c3ccc4ccccc4c3c3c4ccccc4ccc3n(-c3ccccc3)p2C2CCCCC2)cc1. The molecule has 0 saturated heterocycles. The maximum absolute atomic E-state index is 2.74. The van der Waals surface area contributed by atoms with Crippen molar-refractivity contribution >= 4 is 51.2 Å². The van der Waals surface area contributed by atoms with Gasteiger partial charge in [-0.3, -0.25) is 8.66 Å². The highest BCUT2D eigenvalue weighted by Gasteiger charge is 2.25. The molecule has 0 amide bonds. The lowest BCUT2D eigenvalue weighted by atomic mass is 9.98. The van der Waals surface area contributed by atoms with Crippen LogP contribution in [-0.2, 0) is 0 Å². The third kappa shape index (κ3) is 4.09. The summed E-state index contributed by atoms with van der Waals surface area (Å²) in [4.78, 5) is 0. The van der Waals surface area contributed by atoms with Crippen LogP contribution in [0.5, 0.6) is 0 Å². The molecule has 41 heavy (non-hydrogen) atoms. The molecule has 1 saturated carbocycles. The zero-order valence-electron chi connectivity index (χ0n) is 23.2. The van der Waals surface area contributed by atoms with Crippen LogP contribution >= 0.6 is 7.85 Å². The van der Waals surface area contributed by atoms with Crippen LogP contribution in [0.15, 0.2) is 133 Å². The van der Waals surface area contributed by atoms with Gasteiger partial charge in [0.15, 0.2) is 0 Å². The zero-order chi connectivity index (χ0) is 27.2. The average Bonchev–Trinajstić information content (AvgIpc) is 3.19. The van der Waals surface area contributed by atoms with Crippen molar-refractivity contribution < 1.29 is 0 Å². The second-order valence-corrected chi connectivity index (χ2v) is 13.4. The van der Waals surface area contributed by atoms with E-state index in [1.807, 2.05) is 0 Å². The number of aromatic nitrogens is 2. The van der Waals surface area contributed by atoms with E-state index in [0.29, 0.717) is 5.66 Å². The van der Waals surface area contributed by atoms with Crippen molar-refractivity contribution in [1.82, 2.24) is 8.66 Å². The summed E-state index contributed by atoms with van der Waals surface area (Å²) in [7, 11) is -0.813. The first-order valence-corrected chi connectivity index (χ1v) is 16.2. The molecule has 200 valence electrons. The smallest absolute Gasteiger partial charge is 0.0589 e. The molecular formula is C38H33N2P. The molecule has 0 atom stereocenters.